The van der Waals surface area contributed by atoms with Crippen LogP contribution in [0.2, 0.25) is 0 Å². The van der Waals surface area contributed by atoms with Crippen LogP contribution in [0.15, 0.2) is 78.0 Å². The molecule has 7 nitrogen and oxygen atoms in total. The highest BCUT2D eigenvalue weighted by Gasteiger charge is 2.33. The highest BCUT2D eigenvalue weighted by Crippen LogP contribution is 2.44. The van der Waals surface area contributed by atoms with Crippen LogP contribution in [0.4, 0.5) is 23.4 Å². The van der Waals surface area contributed by atoms with Crippen LogP contribution >= 0.6 is 0 Å². The molecule has 1 aliphatic heterocycles. The normalized spacial score (nSPS) is 15.5. The van der Waals surface area contributed by atoms with Crippen molar-refractivity contribution >= 4 is 15.8 Å². The van der Waals surface area contributed by atoms with E-state index in [0.29, 0.717) is 17.5 Å². The average molecular weight is 531 g/mol. The van der Waals surface area contributed by atoms with Gasteiger partial charge in [0.1, 0.15) is 11.6 Å². The Bertz CT molecular complexity index is 1550. The van der Waals surface area contributed by atoms with Gasteiger partial charge in [0.25, 0.3) is 10.0 Å². The number of ether oxygens (including phenoxy) is 1. The molecule has 0 radical (unpaired) electrons. The average Bonchev–Trinajstić information content (AvgIpc) is 2.88. The van der Waals surface area contributed by atoms with E-state index in [4.69, 9.17) is 4.74 Å². The van der Waals surface area contributed by atoms with Crippen LogP contribution < -0.4 is 9.46 Å². The van der Waals surface area contributed by atoms with Crippen molar-refractivity contribution in [3.63, 3.8) is 0 Å². The second kappa shape index (κ2) is 9.43. The molecule has 0 amide bonds. The number of aromatic nitrogens is 3. The van der Waals surface area contributed by atoms with Gasteiger partial charge in [-0.1, -0.05) is 12.1 Å². The Hall–Kier alpha value is -4.06. The Morgan fingerprint density at radius 1 is 1.00 bits per heavy atom. The first-order valence-electron chi connectivity index (χ1n) is 11.0. The van der Waals surface area contributed by atoms with E-state index in [1.54, 1.807) is 6.07 Å². The summed E-state index contributed by atoms with van der Waals surface area (Å²) < 4.78 is 87.8. The van der Waals surface area contributed by atoms with Crippen molar-refractivity contribution in [3.8, 4) is 17.0 Å². The molecule has 37 heavy (non-hydrogen) atoms. The number of benzene rings is 2. The summed E-state index contributed by atoms with van der Waals surface area (Å²) in [6.45, 7) is 0.204. The molecule has 3 heterocycles. The standard InChI is InChI=1S/C25H18F4N4O3S/c26-16-4-8-22(30-14-16)21-12-15(25(27,28)29)3-6-18(21)19-9-11-36-23-13-17(5-7-20(19)23)37(34,35)33-24-2-1-10-31-32-24/h1-8,10,12-14,19H,9,11H2,(H,32,33). The van der Waals surface area contributed by atoms with Gasteiger partial charge in [-0.25, -0.2) is 12.8 Å². The third-order valence-electron chi connectivity index (χ3n) is 5.91. The quantitative estimate of drug-likeness (QED) is 0.347. The fourth-order valence-corrected chi connectivity index (χ4v) is 5.22. The molecule has 0 aliphatic carbocycles. The SMILES string of the molecule is O=S(=O)(Nc1cccnn1)c1ccc2c(c1)OCCC2c1ccc(C(F)(F)F)cc1-c1ccc(F)cn1. The number of hydrogen-bond donors (Lipinski definition) is 1. The maximum atomic E-state index is 13.5. The zero-order chi connectivity index (χ0) is 26.2. The lowest BCUT2D eigenvalue weighted by atomic mass is 9.83. The van der Waals surface area contributed by atoms with Gasteiger partial charge in [0.05, 0.1) is 29.0 Å². The monoisotopic (exact) mass is 530 g/mol. The number of fused-ring (bicyclic) bond motifs is 1. The molecule has 4 aromatic rings. The lowest BCUT2D eigenvalue weighted by Crippen LogP contribution is -2.19. The molecule has 0 saturated heterocycles. The number of alkyl halides is 3. The van der Waals surface area contributed by atoms with E-state index in [9.17, 15) is 26.0 Å². The number of sulfonamides is 1. The number of halogens is 4. The summed E-state index contributed by atoms with van der Waals surface area (Å²) in [6, 6.07) is 13.1. The third-order valence-corrected chi connectivity index (χ3v) is 7.26. The summed E-state index contributed by atoms with van der Waals surface area (Å²) in [6.07, 6.45) is -1.81. The number of hydrogen-bond acceptors (Lipinski definition) is 6. The van der Waals surface area contributed by atoms with Gasteiger partial charge in [-0.05, 0) is 54.4 Å². The van der Waals surface area contributed by atoms with Gasteiger partial charge in [-0.15, -0.1) is 5.10 Å². The second-order valence-electron chi connectivity index (χ2n) is 8.27. The van der Waals surface area contributed by atoms with E-state index in [0.717, 1.165) is 24.4 Å². The summed E-state index contributed by atoms with van der Waals surface area (Å²) in [5.74, 6) is -0.702. The molecule has 0 fully saturated rings. The van der Waals surface area contributed by atoms with Crippen LogP contribution in [0.25, 0.3) is 11.3 Å². The summed E-state index contributed by atoms with van der Waals surface area (Å²) >= 11 is 0. The molecule has 0 spiro atoms. The Kier molecular flexibility index (Phi) is 6.28. The van der Waals surface area contributed by atoms with Crippen molar-refractivity contribution in [2.75, 3.05) is 11.3 Å². The van der Waals surface area contributed by atoms with Crippen LogP contribution in [0.5, 0.6) is 5.75 Å². The number of nitrogens with one attached hydrogen (secondary N) is 1. The first-order chi connectivity index (χ1) is 17.6. The maximum absolute atomic E-state index is 13.5. The first-order valence-corrected chi connectivity index (χ1v) is 12.5. The van der Waals surface area contributed by atoms with E-state index in [1.165, 1.54) is 42.6 Å². The summed E-state index contributed by atoms with van der Waals surface area (Å²) in [5.41, 5.74) is 0.663. The largest absolute Gasteiger partial charge is 0.493 e. The van der Waals surface area contributed by atoms with Crippen molar-refractivity contribution in [3.05, 3.63) is 95.6 Å². The van der Waals surface area contributed by atoms with Crippen molar-refractivity contribution in [2.24, 2.45) is 0 Å². The van der Waals surface area contributed by atoms with E-state index >= 15 is 0 Å². The zero-order valence-corrected chi connectivity index (χ0v) is 19.7. The fourth-order valence-electron chi connectivity index (χ4n) is 4.21. The highest BCUT2D eigenvalue weighted by atomic mass is 32.2. The minimum atomic E-state index is -4.58. The maximum Gasteiger partial charge on any atom is 0.416 e. The fraction of sp³-hybridized carbons (Fsp3) is 0.160. The van der Waals surface area contributed by atoms with Gasteiger partial charge in [0.2, 0.25) is 0 Å². The topological polar surface area (TPSA) is 94.1 Å². The minimum Gasteiger partial charge on any atom is -0.493 e. The smallest absolute Gasteiger partial charge is 0.416 e. The second-order valence-corrected chi connectivity index (χ2v) is 9.95. The van der Waals surface area contributed by atoms with Crippen LogP contribution in [0.3, 0.4) is 0 Å². The number of pyridine rings is 1. The molecule has 5 rings (SSSR count). The van der Waals surface area contributed by atoms with Gasteiger partial charge >= 0.3 is 6.18 Å². The Morgan fingerprint density at radius 3 is 2.51 bits per heavy atom. The molecule has 1 aliphatic rings. The summed E-state index contributed by atoms with van der Waals surface area (Å²) in [4.78, 5) is 3.92. The van der Waals surface area contributed by atoms with Gasteiger partial charge in [0.15, 0.2) is 5.82 Å². The van der Waals surface area contributed by atoms with Crippen LogP contribution in [-0.2, 0) is 16.2 Å². The highest BCUT2D eigenvalue weighted by molar-refractivity contribution is 7.92. The van der Waals surface area contributed by atoms with Gasteiger partial charge in [-0.2, -0.15) is 18.3 Å². The lowest BCUT2D eigenvalue weighted by Gasteiger charge is -2.28. The Morgan fingerprint density at radius 2 is 1.81 bits per heavy atom. The zero-order valence-electron chi connectivity index (χ0n) is 18.9. The van der Waals surface area contributed by atoms with Gasteiger partial charge < -0.3 is 4.74 Å². The number of rotatable bonds is 5. The molecule has 1 unspecified atom stereocenters. The van der Waals surface area contributed by atoms with Crippen molar-refractivity contribution in [1.82, 2.24) is 15.2 Å². The predicted molar refractivity (Wildman–Crippen MR) is 126 cm³/mol. The Balaban J connectivity index is 1.56. The molecule has 2 aromatic carbocycles. The van der Waals surface area contributed by atoms with Crippen molar-refractivity contribution in [2.45, 2.75) is 23.4 Å². The number of nitrogens with zero attached hydrogens (tertiary/aromatic N) is 3. The van der Waals surface area contributed by atoms with Crippen LogP contribution in [0.1, 0.15) is 29.0 Å². The van der Waals surface area contributed by atoms with Gasteiger partial charge in [-0.3, -0.25) is 9.71 Å². The first kappa shape index (κ1) is 24.6. The molecule has 190 valence electrons. The third kappa shape index (κ3) is 5.10. The molecule has 1 atom stereocenters. The molecular formula is C25H18F4N4O3S. The van der Waals surface area contributed by atoms with E-state index in [2.05, 4.69) is 19.9 Å². The molecular weight excluding hydrogens is 512 g/mol. The number of anilines is 1. The molecule has 12 heteroatoms. The molecule has 2 aromatic heterocycles. The summed E-state index contributed by atoms with van der Waals surface area (Å²) in [5, 5.41) is 7.35. The minimum absolute atomic E-state index is 0.0419. The predicted octanol–water partition coefficient (Wildman–Crippen LogP) is 5.41. The van der Waals surface area contributed by atoms with E-state index in [-0.39, 0.29) is 34.3 Å². The van der Waals surface area contributed by atoms with E-state index < -0.39 is 33.5 Å². The Labute approximate surface area is 209 Å². The molecule has 0 saturated carbocycles. The van der Waals surface area contributed by atoms with Gasteiger partial charge in [0, 0.05) is 29.3 Å². The summed E-state index contributed by atoms with van der Waals surface area (Å²) in [7, 11) is -4.01. The van der Waals surface area contributed by atoms with Crippen LogP contribution in [0, 0.1) is 5.82 Å². The lowest BCUT2D eigenvalue weighted by molar-refractivity contribution is -0.137. The van der Waals surface area contributed by atoms with Crippen LogP contribution in [-0.4, -0.2) is 30.2 Å². The van der Waals surface area contributed by atoms with Crippen molar-refractivity contribution < 1.29 is 30.7 Å². The molecule has 1 N–H and O–H groups in total. The molecule has 0 bridgehead atoms. The van der Waals surface area contributed by atoms with E-state index in [1.807, 2.05) is 0 Å². The van der Waals surface area contributed by atoms with Crippen molar-refractivity contribution in [1.29, 1.82) is 0 Å².